The summed E-state index contributed by atoms with van der Waals surface area (Å²) in [6.07, 6.45) is 3.88. The van der Waals surface area contributed by atoms with Crippen molar-refractivity contribution in [1.82, 2.24) is 5.32 Å². The highest BCUT2D eigenvalue weighted by molar-refractivity contribution is 9.09. The first-order valence-corrected chi connectivity index (χ1v) is 8.05. The number of carbonyl (C=O) groups is 1. The van der Waals surface area contributed by atoms with E-state index < -0.39 is 0 Å². The lowest BCUT2D eigenvalue weighted by Gasteiger charge is -2.16. The maximum atomic E-state index is 12.2. The molecule has 0 saturated heterocycles. The lowest BCUT2D eigenvalue weighted by atomic mass is 10.0. The first-order valence-electron chi connectivity index (χ1n) is 7.14. The molecule has 2 aromatic rings. The number of hydrogen-bond donors (Lipinski definition) is 1. The topological polar surface area (TPSA) is 29.1 Å². The van der Waals surface area contributed by atoms with Gasteiger partial charge in [-0.1, -0.05) is 64.8 Å². The van der Waals surface area contributed by atoms with Crippen molar-refractivity contribution in [2.75, 3.05) is 0 Å². The van der Waals surface area contributed by atoms with Crippen LogP contribution in [-0.4, -0.2) is 16.8 Å². The Kier molecular flexibility index (Phi) is 4.06. The van der Waals surface area contributed by atoms with Crippen LogP contribution >= 0.6 is 15.9 Å². The molecule has 2 atom stereocenters. The molecule has 0 aromatic heterocycles. The van der Waals surface area contributed by atoms with Gasteiger partial charge >= 0.3 is 0 Å². The number of carbonyl (C=O) groups excluding carboxylic acids is 1. The average Bonchev–Trinajstić information content (AvgIpc) is 2.85. The molecule has 2 aromatic carbocycles. The van der Waals surface area contributed by atoms with Crippen molar-refractivity contribution in [1.29, 1.82) is 0 Å². The van der Waals surface area contributed by atoms with Gasteiger partial charge in [0.2, 0.25) is 5.91 Å². The van der Waals surface area contributed by atoms with E-state index in [4.69, 9.17) is 0 Å². The molecule has 3 heteroatoms. The van der Waals surface area contributed by atoms with E-state index in [1.165, 1.54) is 17.2 Å². The van der Waals surface area contributed by atoms with E-state index in [1.807, 2.05) is 24.3 Å². The third kappa shape index (κ3) is 2.88. The minimum absolute atomic E-state index is 0.123. The fourth-order valence-corrected chi connectivity index (χ4v) is 3.68. The quantitative estimate of drug-likeness (QED) is 0.851. The molecule has 1 aliphatic carbocycles. The molecule has 1 aliphatic rings. The standard InChI is InChI=1S/C17H18BrNO/c18-15-9-4-10-16(15)19-17(20)11-13-7-3-6-12-5-1-2-8-14(12)13/h1-3,5-8,15-16H,4,9-11H2,(H,19,20). The largest absolute Gasteiger partial charge is 0.352 e. The Morgan fingerprint density at radius 3 is 2.75 bits per heavy atom. The molecule has 0 bridgehead atoms. The zero-order valence-corrected chi connectivity index (χ0v) is 12.9. The third-order valence-electron chi connectivity index (χ3n) is 4.01. The highest BCUT2D eigenvalue weighted by atomic mass is 79.9. The van der Waals surface area contributed by atoms with Crippen molar-refractivity contribution in [2.45, 2.75) is 36.6 Å². The molecule has 20 heavy (non-hydrogen) atoms. The Morgan fingerprint density at radius 2 is 1.95 bits per heavy atom. The summed E-state index contributed by atoms with van der Waals surface area (Å²) in [5.41, 5.74) is 1.10. The molecule has 3 rings (SSSR count). The van der Waals surface area contributed by atoms with Gasteiger partial charge in [0.1, 0.15) is 0 Å². The molecule has 0 spiro atoms. The third-order valence-corrected chi connectivity index (χ3v) is 5.10. The summed E-state index contributed by atoms with van der Waals surface area (Å²) in [5.74, 6) is 0.123. The van der Waals surface area contributed by atoms with Crippen LogP contribution in [0.25, 0.3) is 10.8 Å². The Morgan fingerprint density at radius 1 is 1.15 bits per heavy atom. The molecule has 2 nitrogen and oxygen atoms in total. The van der Waals surface area contributed by atoms with Gasteiger partial charge in [-0.15, -0.1) is 0 Å². The Hall–Kier alpha value is -1.35. The molecular weight excluding hydrogens is 314 g/mol. The summed E-state index contributed by atoms with van der Waals surface area (Å²) < 4.78 is 0. The van der Waals surface area contributed by atoms with E-state index in [0.717, 1.165) is 18.4 Å². The maximum Gasteiger partial charge on any atom is 0.224 e. The number of benzene rings is 2. The molecule has 1 saturated carbocycles. The number of alkyl halides is 1. The Balaban J connectivity index is 1.74. The lowest BCUT2D eigenvalue weighted by Crippen LogP contribution is -2.38. The van der Waals surface area contributed by atoms with Gasteiger partial charge in [0.15, 0.2) is 0 Å². The molecule has 0 aliphatic heterocycles. The van der Waals surface area contributed by atoms with E-state index in [2.05, 4.69) is 39.4 Å². The van der Waals surface area contributed by atoms with Crippen molar-refractivity contribution in [3.8, 4) is 0 Å². The van der Waals surface area contributed by atoms with E-state index in [-0.39, 0.29) is 11.9 Å². The maximum absolute atomic E-state index is 12.2. The van der Waals surface area contributed by atoms with Crippen molar-refractivity contribution >= 4 is 32.6 Å². The summed E-state index contributed by atoms with van der Waals surface area (Å²) >= 11 is 3.64. The molecule has 1 fully saturated rings. The minimum Gasteiger partial charge on any atom is -0.352 e. The second-order valence-electron chi connectivity index (χ2n) is 5.44. The van der Waals surface area contributed by atoms with Crippen molar-refractivity contribution in [3.63, 3.8) is 0 Å². The molecular formula is C17H18BrNO. The summed E-state index contributed by atoms with van der Waals surface area (Å²) in [6.45, 7) is 0. The first-order chi connectivity index (χ1) is 9.74. The molecule has 104 valence electrons. The highest BCUT2D eigenvalue weighted by Crippen LogP contribution is 2.26. The number of halogens is 1. The van der Waals surface area contributed by atoms with Crippen LogP contribution in [0.4, 0.5) is 0 Å². The van der Waals surface area contributed by atoms with Crippen molar-refractivity contribution in [3.05, 3.63) is 48.0 Å². The van der Waals surface area contributed by atoms with Crippen LogP contribution in [0.15, 0.2) is 42.5 Å². The van der Waals surface area contributed by atoms with Crippen LogP contribution in [0.2, 0.25) is 0 Å². The summed E-state index contributed by atoms with van der Waals surface area (Å²) in [5, 5.41) is 5.52. The molecule has 0 radical (unpaired) electrons. The second-order valence-corrected chi connectivity index (χ2v) is 6.61. The SMILES string of the molecule is O=C(Cc1cccc2ccccc12)NC1CCCC1Br. The van der Waals surface area contributed by atoms with Gasteiger partial charge in [-0.05, 0) is 29.2 Å². The van der Waals surface area contributed by atoms with E-state index in [1.54, 1.807) is 0 Å². The van der Waals surface area contributed by atoms with Gasteiger partial charge in [0, 0.05) is 10.9 Å². The van der Waals surface area contributed by atoms with Crippen LogP contribution in [0.3, 0.4) is 0 Å². The fraction of sp³-hybridized carbons (Fsp3) is 0.353. The molecule has 2 unspecified atom stereocenters. The predicted molar refractivity (Wildman–Crippen MR) is 86.1 cm³/mol. The van der Waals surface area contributed by atoms with Crippen LogP contribution in [-0.2, 0) is 11.2 Å². The monoisotopic (exact) mass is 331 g/mol. The average molecular weight is 332 g/mol. The number of fused-ring (bicyclic) bond motifs is 1. The van der Waals surface area contributed by atoms with E-state index in [9.17, 15) is 4.79 Å². The van der Waals surface area contributed by atoms with Gasteiger partial charge in [-0.3, -0.25) is 4.79 Å². The lowest BCUT2D eigenvalue weighted by molar-refractivity contribution is -0.121. The molecule has 1 N–H and O–H groups in total. The Labute approximate surface area is 127 Å². The highest BCUT2D eigenvalue weighted by Gasteiger charge is 2.26. The van der Waals surface area contributed by atoms with E-state index >= 15 is 0 Å². The smallest absolute Gasteiger partial charge is 0.224 e. The van der Waals surface area contributed by atoms with Gasteiger partial charge in [0.25, 0.3) is 0 Å². The van der Waals surface area contributed by atoms with Gasteiger partial charge in [-0.2, -0.15) is 0 Å². The summed E-state index contributed by atoms with van der Waals surface area (Å²) in [6, 6.07) is 14.7. The normalized spacial score (nSPS) is 22.1. The van der Waals surface area contributed by atoms with E-state index in [0.29, 0.717) is 11.2 Å². The minimum atomic E-state index is 0.123. The second kappa shape index (κ2) is 5.96. The van der Waals surface area contributed by atoms with Crippen LogP contribution in [0.1, 0.15) is 24.8 Å². The van der Waals surface area contributed by atoms with Gasteiger partial charge in [0.05, 0.1) is 6.42 Å². The predicted octanol–water partition coefficient (Wildman–Crippen LogP) is 3.81. The van der Waals surface area contributed by atoms with Crippen molar-refractivity contribution < 1.29 is 4.79 Å². The number of hydrogen-bond acceptors (Lipinski definition) is 1. The fourth-order valence-electron chi connectivity index (χ4n) is 2.95. The van der Waals surface area contributed by atoms with Gasteiger partial charge in [-0.25, -0.2) is 0 Å². The first kappa shape index (κ1) is 13.6. The molecule has 1 amide bonds. The van der Waals surface area contributed by atoms with Crippen LogP contribution < -0.4 is 5.32 Å². The number of nitrogens with one attached hydrogen (secondary N) is 1. The van der Waals surface area contributed by atoms with Gasteiger partial charge < -0.3 is 5.32 Å². The Bertz CT molecular complexity index is 620. The van der Waals surface area contributed by atoms with Crippen LogP contribution in [0, 0.1) is 0 Å². The summed E-state index contributed by atoms with van der Waals surface area (Å²) in [7, 11) is 0. The summed E-state index contributed by atoms with van der Waals surface area (Å²) in [4.78, 5) is 12.7. The van der Waals surface area contributed by atoms with Crippen LogP contribution in [0.5, 0.6) is 0 Å². The zero-order valence-electron chi connectivity index (χ0n) is 11.3. The van der Waals surface area contributed by atoms with Crippen molar-refractivity contribution in [2.24, 2.45) is 0 Å². The molecule has 0 heterocycles. The zero-order chi connectivity index (χ0) is 13.9. The number of amides is 1. The number of rotatable bonds is 3.